The minimum Gasteiger partial charge on any atom is -0.508 e. The molecule has 0 aliphatic carbocycles. The van der Waals surface area contributed by atoms with Gasteiger partial charge in [-0.2, -0.15) is 0 Å². The second-order valence-electron chi connectivity index (χ2n) is 5.33. The maximum atomic E-state index is 11.4. The van der Waals surface area contributed by atoms with Gasteiger partial charge in [0.25, 0.3) is 0 Å². The van der Waals surface area contributed by atoms with Crippen molar-refractivity contribution in [3.8, 4) is 5.75 Å². The Labute approximate surface area is 145 Å². The molecule has 0 fully saturated rings. The number of ether oxygens (including phenoxy) is 1. The summed E-state index contributed by atoms with van der Waals surface area (Å²) in [6.45, 7) is 1.89. The smallest absolute Gasteiger partial charge is 0.305 e. The van der Waals surface area contributed by atoms with E-state index < -0.39 is 0 Å². The van der Waals surface area contributed by atoms with E-state index in [0.717, 1.165) is 21.4 Å². The topological polar surface area (TPSA) is 68.1 Å². The number of benzene rings is 2. The first kappa shape index (κ1) is 18.1. The molecule has 2 aromatic carbocycles. The van der Waals surface area contributed by atoms with E-state index in [9.17, 15) is 9.90 Å². The Morgan fingerprint density at radius 3 is 2.62 bits per heavy atom. The second kappa shape index (κ2) is 8.59. The predicted molar refractivity (Wildman–Crippen MR) is 96.6 cm³/mol. The van der Waals surface area contributed by atoms with Crippen molar-refractivity contribution in [1.82, 2.24) is 0 Å². The van der Waals surface area contributed by atoms with Crippen molar-refractivity contribution in [3.63, 3.8) is 0 Å². The van der Waals surface area contributed by atoms with Gasteiger partial charge in [-0.15, -0.1) is 11.8 Å². The van der Waals surface area contributed by atoms with Crippen LogP contribution in [-0.2, 0) is 14.4 Å². The van der Waals surface area contributed by atoms with Gasteiger partial charge in [0.15, 0.2) is 0 Å². The van der Waals surface area contributed by atoms with Crippen molar-refractivity contribution < 1.29 is 19.5 Å². The molecule has 24 heavy (non-hydrogen) atoms. The van der Waals surface area contributed by atoms with Crippen LogP contribution in [0.15, 0.2) is 46.4 Å². The average molecular weight is 347 g/mol. The zero-order valence-electron chi connectivity index (χ0n) is 14.0. The highest BCUT2D eigenvalue weighted by atomic mass is 32.2. The summed E-state index contributed by atoms with van der Waals surface area (Å²) in [6.07, 6.45) is 0.940. The third-order valence-electron chi connectivity index (χ3n) is 3.61. The number of oxime groups is 1. The zero-order valence-corrected chi connectivity index (χ0v) is 14.8. The molecule has 2 aromatic rings. The van der Waals surface area contributed by atoms with Crippen molar-refractivity contribution in [3.05, 3.63) is 36.4 Å². The summed E-state index contributed by atoms with van der Waals surface area (Å²) in [6, 6.07) is 11.3. The zero-order chi connectivity index (χ0) is 17.5. The fraction of sp³-hybridized carbons (Fsp3) is 0.333. The number of phenols is 1. The molecule has 0 spiro atoms. The SMILES string of the molecule is CO/N=C(/C)C(CCC(=O)OC)Sc1ccc2cc(O)ccc2c1. The molecule has 2 rings (SSSR count). The molecule has 0 radical (unpaired) electrons. The van der Waals surface area contributed by atoms with E-state index in [1.807, 2.05) is 25.1 Å². The number of nitrogens with zero attached hydrogens (tertiary/aromatic N) is 1. The van der Waals surface area contributed by atoms with Gasteiger partial charge in [-0.05, 0) is 48.4 Å². The molecule has 1 N–H and O–H groups in total. The standard InChI is InChI=1S/C18H21NO4S/c1-12(19-23-3)17(8-9-18(21)22-2)24-16-7-5-13-10-15(20)6-4-14(13)11-16/h4-7,10-11,17,20H,8-9H2,1-3H3/b19-12-. The largest absolute Gasteiger partial charge is 0.508 e. The van der Waals surface area contributed by atoms with Crippen LogP contribution in [0.1, 0.15) is 19.8 Å². The van der Waals surface area contributed by atoms with E-state index in [2.05, 4.69) is 11.2 Å². The molecule has 0 saturated heterocycles. The highest BCUT2D eigenvalue weighted by molar-refractivity contribution is 8.00. The summed E-state index contributed by atoms with van der Waals surface area (Å²) in [4.78, 5) is 17.4. The maximum absolute atomic E-state index is 11.4. The van der Waals surface area contributed by atoms with Gasteiger partial charge in [0, 0.05) is 11.3 Å². The Morgan fingerprint density at radius 2 is 1.92 bits per heavy atom. The number of thioether (sulfide) groups is 1. The quantitative estimate of drug-likeness (QED) is 0.355. The predicted octanol–water partition coefficient (Wildman–Crippen LogP) is 3.98. The van der Waals surface area contributed by atoms with Crippen LogP contribution < -0.4 is 0 Å². The van der Waals surface area contributed by atoms with Crippen LogP contribution in [0.3, 0.4) is 0 Å². The molecule has 6 heteroatoms. The monoisotopic (exact) mass is 347 g/mol. The maximum Gasteiger partial charge on any atom is 0.305 e. The first-order chi connectivity index (χ1) is 11.5. The summed E-state index contributed by atoms with van der Waals surface area (Å²) in [5, 5.41) is 15.6. The van der Waals surface area contributed by atoms with Crippen LogP contribution in [0.2, 0.25) is 0 Å². The number of aromatic hydroxyl groups is 1. The van der Waals surface area contributed by atoms with Gasteiger partial charge in [-0.3, -0.25) is 4.79 Å². The number of hydrogen-bond acceptors (Lipinski definition) is 6. The fourth-order valence-corrected chi connectivity index (χ4v) is 3.48. The van der Waals surface area contributed by atoms with Crippen molar-refractivity contribution in [2.75, 3.05) is 14.2 Å². The lowest BCUT2D eigenvalue weighted by Crippen LogP contribution is -2.16. The number of phenolic OH excluding ortho intramolecular Hbond substituents is 1. The van der Waals surface area contributed by atoms with Gasteiger partial charge in [-0.1, -0.05) is 17.3 Å². The molecule has 5 nitrogen and oxygen atoms in total. The van der Waals surface area contributed by atoms with Crippen molar-refractivity contribution in [2.45, 2.75) is 29.9 Å². The average Bonchev–Trinajstić information content (AvgIpc) is 2.58. The van der Waals surface area contributed by atoms with E-state index in [0.29, 0.717) is 12.8 Å². The Morgan fingerprint density at radius 1 is 1.21 bits per heavy atom. The molecule has 128 valence electrons. The normalized spacial score (nSPS) is 12.9. The minimum atomic E-state index is -0.236. The highest BCUT2D eigenvalue weighted by Crippen LogP contribution is 2.31. The fourth-order valence-electron chi connectivity index (χ4n) is 2.36. The molecule has 0 aliphatic heterocycles. The lowest BCUT2D eigenvalue weighted by molar-refractivity contribution is -0.140. The summed E-state index contributed by atoms with van der Waals surface area (Å²) in [5.41, 5.74) is 0.817. The Bertz CT molecular complexity index is 745. The molecule has 1 atom stereocenters. The van der Waals surface area contributed by atoms with Gasteiger partial charge in [0.05, 0.1) is 18.1 Å². The lowest BCUT2D eigenvalue weighted by atomic mass is 10.1. The van der Waals surface area contributed by atoms with Gasteiger partial charge in [0.1, 0.15) is 12.9 Å². The van der Waals surface area contributed by atoms with Crippen LogP contribution in [0.5, 0.6) is 5.75 Å². The number of hydrogen-bond donors (Lipinski definition) is 1. The molecule has 0 heterocycles. The summed E-state index contributed by atoms with van der Waals surface area (Å²) >= 11 is 1.63. The molecule has 0 amide bonds. The Balaban J connectivity index is 2.19. The van der Waals surface area contributed by atoms with Crippen LogP contribution in [0.25, 0.3) is 10.8 Å². The number of carbonyl (C=O) groups is 1. The lowest BCUT2D eigenvalue weighted by Gasteiger charge is -2.16. The highest BCUT2D eigenvalue weighted by Gasteiger charge is 2.17. The number of esters is 1. The second-order valence-corrected chi connectivity index (χ2v) is 6.61. The van der Waals surface area contributed by atoms with E-state index in [1.54, 1.807) is 23.9 Å². The van der Waals surface area contributed by atoms with E-state index >= 15 is 0 Å². The van der Waals surface area contributed by atoms with E-state index in [1.165, 1.54) is 14.2 Å². The van der Waals surface area contributed by atoms with Crippen LogP contribution in [0.4, 0.5) is 0 Å². The Hall–Kier alpha value is -2.21. The van der Waals surface area contributed by atoms with Gasteiger partial charge in [0.2, 0.25) is 0 Å². The third-order valence-corrected chi connectivity index (χ3v) is 5.00. The summed E-state index contributed by atoms with van der Waals surface area (Å²) < 4.78 is 4.72. The van der Waals surface area contributed by atoms with E-state index in [-0.39, 0.29) is 17.0 Å². The summed E-state index contributed by atoms with van der Waals surface area (Å²) in [7, 11) is 2.90. The Kier molecular flexibility index (Phi) is 6.49. The molecular weight excluding hydrogens is 326 g/mol. The van der Waals surface area contributed by atoms with Gasteiger partial charge in [-0.25, -0.2) is 0 Å². The number of carbonyl (C=O) groups excluding carboxylic acids is 1. The van der Waals surface area contributed by atoms with Crippen LogP contribution in [0, 0.1) is 0 Å². The van der Waals surface area contributed by atoms with Crippen LogP contribution >= 0.6 is 11.8 Å². The molecule has 0 bridgehead atoms. The van der Waals surface area contributed by atoms with Gasteiger partial charge >= 0.3 is 5.97 Å². The molecule has 1 unspecified atom stereocenters. The van der Waals surface area contributed by atoms with Gasteiger partial charge < -0.3 is 14.7 Å². The molecular formula is C18H21NO4S. The minimum absolute atomic E-state index is 0.0126. The first-order valence-corrected chi connectivity index (χ1v) is 8.45. The number of rotatable bonds is 7. The third kappa shape index (κ3) is 4.89. The van der Waals surface area contributed by atoms with Crippen molar-refractivity contribution >= 4 is 34.2 Å². The van der Waals surface area contributed by atoms with Crippen molar-refractivity contribution in [1.29, 1.82) is 0 Å². The molecule has 0 aliphatic rings. The van der Waals surface area contributed by atoms with E-state index in [4.69, 9.17) is 9.57 Å². The number of methoxy groups -OCH3 is 1. The summed E-state index contributed by atoms with van der Waals surface area (Å²) in [5.74, 6) is 0.0155. The number of fused-ring (bicyclic) bond motifs is 1. The molecule has 0 saturated carbocycles. The first-order valence-electron chi connectivity index (χ1n) is 7.57. The molecule has 0 aromatic heterocycles. The van der Waals surface area contributed by atoms with Crippen molar-refractivity contribution in [2.24, 2.45) is 5.16 Å². The van der Waals surface area contributed by atoms with Crippen LogP contribution in [-0.4, -0.2) is 36.3 Å².